The summed E-state index contributed by atoms with van der Waals surface area (Å²) >= 11 is 0. The van der Waals surface area contributed by atoms with Gasteiger partial charge in [0.2, 0.25) is 0 Å². The zero-order valence-electron chi connectivity index (χ0n) is 6.07. The van der Waals surface area contributed by atoms with E-state index < -0.39 is 11.9 Å². The van der Waals surface area contributed by atoms with Gasteiger partial charge in [0, 0.05) is 5.70 Å². The molecule has 0 radical (unpaired) electrons. The van der Waals surface area contributed by atoms with Crippen molar-refractivity contribution in [2.24, 2.45) is 4.99 Å². The first kappa shape index (κ1) is 9.94. The molecule has 0 aromatic carbocycles. The number of rotatable bonds is 2. The minimum Gasteiger partial charge on any atom is -0.249 e. The van der Waals surface area contributed by atoms with E-state index in [0.29, 0.717) is 6.08 Å². The molecule has 0 saturated heterocycles. The number of halogens is 3. The van der Waals surface area contributed by atoms with Crippen LogP contribution in [-0.4, -0.2) is 11.9 Å². The van der Waals surface area contributed by atoms with Gasteiger partial charge in [0.25, 0.3) is 0 Å². The van der Waals surface area contributed by atoms with Crippen molar-refractivity contribution < 1.29 is 13.2 Å². The molecule has 0 saturated carbocycles. The van der Waals surface area contributed by atoms with Crippen LogP contribution in [0.1, 0.15) is 6.92 Å². The van der Waals surface area contributed by atoms with E-state index in [2.05, 4.69) is 18.2 Å². The van der Waals surface area contributed by atoms with Crippen molar-refractivity contribution in [2.45, 2.75) is 13.1 Å². The van der Waals surface area contributed by atoms with Crippen molar-refractivity contribution in [1.29, 1.82) is 0 Å². The van der Waals surface area contributed by atoms with E-state index in [1.165, 1.54) is 6.92 Å². The van der Waals surface area contributed by atoms with Gasteiger partial charge >= 0.3 is 6.18 Å². The highest BCUT2D eigenvalue weighted by molar-refractivity contribution is 5.99. The van der Waals surface area contributed by atoms with Gasteiger partial charge in [-0.1, -0.05) is 13.2 Å². The summed E-state index contributed by atoms with van der Waals surface area (Å²) < 4.78 is 35.5. The Hall–Kier alpha value is -1.06. The first-order chi connectivity index (χ1) is 4.88. The summed E-state index contributed by atoms with van der Waals surface area (Å²) in [6.45, 7) is 7.59. The van der Waals surface area contributed by atoms with Crippen molar-refractivity contribution in [3.63, 3.8) is 0 Å². The molecular formula is C7H8F3N. The molecule has 0 spiro atoms. The van der Waals surface area contributed by atoms with E-state index in [4.69, 9.17) is 0 Å². The van der Waals surface area contributed by atoms with Gasteiger partial charge in [0.1, 0.15) is 5.71 Å². The fraction of sp³-hybridized carbons (Fsp3) is 0.286. The Kier molecular flexibility index (Phi) is 3.04. The Morgan fingerprint density at radius 3 is 2.00 bits per heavy atom. The largest absolute Gasteiger partial charge is 0.433 e. The van der Waals surface area contributed by atoms with Gasteiger partial charge in [-0.15, -0.1) is 0 Å². The third-order valence-corrected chi connectivity index (χ3v) is 0.795. The molecule has 0 aromatic rings. The van der Waals surface area contributed by atoms with Gasteiger partial charge in [0.05, 0.1) is 0 Å². The summed E-state index contributed by atoms with van der Waals surface area (Å²) in [6.07, 6.45) is -3.77. The summed E-state index contributed by atoms with van der Waals surface area (Å²) in [6, 6.07) is 0. The lowest BCUT2D eigenvalue weighted by Gasteiger charge is -2.04. The lowest BCUT2D eigenvalue weighted by atomic mass is 10.3. The molecule has 0 aromatic heterocycles. The Morgan fingerprint density at radius 1 is 1.45 bits per heavy atom. The van der Waals surface area contributed by atoms with Crippen LogP contribution in [0.25, 0.3) is 0 Å². The fourth-order valence-corrected chi connectivity index (χ4v) is 0.430. The van der Waals surface area contributed by atoms with Crippen LogP contribution in [0.3, 0.4) is 0 Å². The highest BCUT2D eigenvalue weighted by Crippen LogP contribution is 2.18. The molecular weight excluding hydrogens is 155 g/mol. The molecule has 0 aliphatic carbocycles. The summed E-state index contributed by atoms with van der Waals surface area (Å²) in [7, 11) is 0. The Labute approximate surface area is 62.9 Å². The number of aliphatic imine (C=N–C) groups is 1. The van der Waals surface area contributed by atoms with Crippen molar-refractivity contribution in [3.05, 3.63) is 24.9 Å². The van der Waals surface area contributed by atoms with E-state index in [1.807, 2.05) is 0 Å². The van der Waals surface area contributed by atoms with Gasteiger partial charge < -0.3 is 0 Å². The minimum absolute atomic E-state index is 0.109. The van der Waals surface area contributed by atoms with Crippen molar-refractivity contribution >= 4 is 5.71 Å². The molecule has 0 aliphatic rings. The smallest absolute Gasteiger partial charge is 0.249 e. The topological polar surface area (TPSA) is 12.4 Å². The second-order valence-electron chi connectivity index (χ2n) is 1.93. The quantitative estimate of drug-likeness (QED) is 0.555. The Bertz CT molecular complexity index is 200. The second kappa shape index (κ2) is 3.37. The summed E-state index contributed by atoms with van der Waals surface area (Å²) in [4.78, 5) is 3.15. The molecule has 62 valence electrons. The maximum Gasteiger partial charge on any atom is 0.433 e. The zero-order chi connectivity index (χ0) is 9.07. The standard InChI is InChI=1S/C7H8F3N/c1-4-6(7(8,9)10)11-5(2)3/h4H,1-2H2,3H3. The van der Waals surface area contributed by atoms with Crippen LogP contribution in [0.15, 0.2) is 29.9 Å². The molecule has 4 heteroatoms. The lowest BCUT2D eigenvalue weighted by Crippen LogP contribution is -2.20. The number of hydrogen-bond acceptors (Lipinski definition) is 1. The van der Waals surface area contributed by atoms with Crippen LogP contribution in [0, 0.1) is 0 Å². The fourth-order valence-electron chi connectivity index (χ4n) is 0.430. The van der Waals surface area contributed by atoms with Gasteiger partial charge in [-0.3, -0.25) is 0 Å². The van der Waals surface area contributed by atoms with Crippen LogP contribution in [-0.2, 0) is 0 Å². The van der Waals surface area contributed by atoms with Crippen LogP contribution < -0.4 is 0 Å². The third kappa shape index (κ3) is 3.60. The van der Waals surface area contributed by atoms with Crippen LogP contribution >= 0.6 is 0 Å². The van der Waals surface area contributed by atoms with Gasteiger partial charge in [-0.05, 0) is 13.0 Å². The highest BCUT2D eigenvalue weighted by Gasteiger charge is 2.33. The first-order valence-corrected chi connectivity index (χ1v) is 2.81. The third-order valence-electron chi connectivity index (χ3n) is 0.795. The molecule has 1 nitrogen and oxygen atoms in total. The van der Waals surface area contributed by atoms with Gasteiger partial charge in [-0.2, -0.15) is 13.2 Å². The van der Waals surface area contributed by atoms with Gasteiger partial charge in [-0.25, -0.2) is 4.99 Å². The van der Waals surface area contributed by atoms with E-state index in [9.17, 15) is 13.2 Å². The van der Waals surface area contributed by atoms with E-state index in [1.54, 1.807) is 0 Å². The molecule has 0 unspecified atom stereocenters. The number of allylic oxidation sites excluding steroid dienone is 2. The molecule has 0 rings (SSSR count). The second-order valence-corrected chi connectivity index (χ2v) is 1.93. The molecule has 0 heterocycles. The first-order valence-electron chi connectivity index (χ1n) is 2.81. The maximum atomic E-state index is 11.8. The summed E-state index contributed by atoms with van der Waals surface area (Å²) in [5.41, 5.74) is -0.901. The number of hydrogen-bond donors (Lipinski definition) is 0. The molecule has 0 bridgehead atoms. The van der Waals surface area contributed by atoms with Crippen LogP contribution in [0.4, 0.5) is 13.2 Å². The van der Waals surface area contributed by atoms with E-state index >= 15 is 0 Å². The summed E-state index contributed by atoms with van der Waals surface area (Å²) in [5, 5.41) is 0. The average molecular weight is 163 g/mol. The highest BCUT2D eigenvalue weighted by atomic mass is 19.4. The Balaban J connectivity index is 4.68. The number of alkyl halides is 3. The average Bonchev–Trinajstić information content (AvgIpc) is 1.79. The SMILES string of the molecule is C=CC(=NC(=C)C)C(F)(F)F. The number of nitrogens with zero attached hydrogens (tertiary/aromatic N) is 1. The maximum absolute atomic E-state index is 11.8. The predicted octanol–water partition coefficient (Wildman–Crippen LogP) is 2.71. The van der Waals surface area contributed by atoms with E-state index in [-0.39, 0.29) is 5.70 Å². The van der Waals surface area contributed by atoms with Crippen LogP contribution in [0.5, 0.6) is 0 Å². The Morgan fingerprint density at radius 2 is 1.91 bits per heavy atom. The summed E-state index contributed by atoms with van der Waals surface area (Å²) in [5.74, 6) is 0. The lowest BCUT2D eigenvalue weighted by molar-refractivity contribution is -0.0577. The molecule has 0 fully saturated rings. The van der Waals surface area contributed by atoms with Crippen molar-refractivity contribution in [3.8, 4) is 0 Å². The van der Waals surface area contributed by atoms with Crippen molar-refractivity contribution in [1.82, 2.24) is 0 Å². The van der Waals surface area contributed by atoms with Crippen LogP contribution in [0.2, 0.25) is 0 Å². The van der Waals surface area contributed by atoms with Crippen molar-refractivity contribution in [2.75, 3.05) is 0 Å². The monoisotopic (exact) mass is 163 g/mol. The zero-order valence-corrected chi connectivity index (χ0v) is 6.07. The molecule has 11 heavy (non-hydrogen) atoms. The molecule has 0 N–H and O–H groups in total. The molecule has 0 amide bonds. The normalized spacial score (nSPS) is 12.9. The van der Waals surface area contributed by atoms with E-state index in [0.717, 1.165) is 0 Å². The van der Waals surface area contributed by atoms with Gasteiger partial charge in [0.15, 0.2) is 0 Å². The predicted molar refractivity (Wildman–Crippen MR) is 38.5 cm³/mol. The minimum atomic E-state index is -4.43. The molecule has 0 aliphatic heterocycles. The molecule has 0 atom stereocenters.